The molecule has 2 aromatic carbocycles. The van der Waals surface area contributed by atoms with E-state index in [1.165, 1.54) is 31.2 Å². The quantitative estimate of drug-likeness (QED) is 0.745. The Morgan fingerprint density at radius 2 is 1.50 bits per heavy atom. The molecule has 0 amide bonds. The summed E-state index contributed by atoms with van der Waals surface area (Å²) in [5.41, 5.74) is -0.622. The number of hydrogen-bond acceptors (Lipinski definition) is 6. The van der Waals surface area contributed by atoms with Gasteiger partial charge in [0.05, 0.1) is 17.7 Å². The van der Waals surface area contributed by atoms with Gasteiger partial charge < -0.3 is 9.47 Å². The van der Waals surface area contributed by atoms with Crippen molar-refractivity contribution in [3.8, 4) is 0 Å². The van der Waals surface area contributed by atoms with Crippen LogP contribution in [0.2, 0.25) is 0 Å². The number of sulfonamides is 1. The Balaban J connectivity index is 2.03. The highest BCUT2D eigenvalue weighted by atomic mass is 32.2. The van der Waals surface area contributed by atoms with Crippen molar-refractivity contribution in [2.45, 2.75) is 19.3 Å². The van der Waals surface area contributed by atoms with Gasteiger partial charge >= 0.3 is 11.9 Å². The van der Waals surface area contributed by atoms with Crippen molar-refractivity contribution in [1.82, 2.24) is 0 Å². The molecule has 2 rings (SSSR count). The first-order valence-electron chi connectivity index (χ1n) is 7.88. The van der Waals surface area contributed by atoms with E-state index in [0.29, 0.717) is 5.69 Å². The Morgan fingerprint density at radius 3 is 2.04 bits per heavy atom. The average molecular weight is 377 g/mol. The van der Waals surface area contributed by atoms with Gasteiger partial charge in [0.1, 0.15) is 0 Å². The molecule has 0 aliphatic heterocycles. The summed E-state index contributed by atoms with van der Waals surface area (Å²) in [5.74, 6) is -1.32. The van der Waals surface area contributed by atoms with E-state index in [4.69, 9.17) is 9.47 Å². The summed E-state index contributed by atoms with van der Waals surface area (Å²) in [6.45, 7) is 3.19. The van der Waals surface area contributed by atoms with Gasteiger partial charge in [-0.1, -0.05) is 18.2 Å². The number of carbonyl (C=O) groups excluding carboxylic acids is 2. The monoisotopic (exact) mass is 377 g/mol. The minimum atomic E-state index is -3.91. The van der Waals surface area contributed by atoms with Crippen LogP contribution in [0.15, 0.2) is 54.6 Å². The highest BCUT2D eigenvalue weighted by Gasteiger charge is 2.25. The fourth-order valence-electron chi connectivity index (χ4n) is 1.99. The number of nitrogens with one attached hydrogen (secondary N) is 1. The zero-order chi connectivity index (χ0) is 19.2. The van der Waals surface area contributed by atoms with Crippen LogP contribution in [0, 0.1) is 0 Å². The molecule has 2 aromatic rings. The largest absolute Gasteiger partial charge is 0.462 e. The molecule has 0 radical (unpaired) electrons. The summed E-state index contributed by atoms with van der Waals surface area (Å²) in [5, 5.41) is 0. The van der Waals surface area contributed by atoms with Crippen LogP contribution in [0.4, 0.5) is 5.69 Å². The van der Waals surface area contributed by atoms with E-state index >= 15 is 0 Å². The lowest BCUT2D eigenvalue weighted by molar-refractivity contribution is 0.0465. The van der Waals surface area contributed by atoms with Crippen LogP contribution < -0.4 is 4.72 Å². The lowest BCUT2D eigenvalue weighted by Crippen LogP contribution is -2.30. The second-order valence-electron chi connectivity index (χ2n) is 5.28. The molecule has 0 aromatic heterocycles. The third kappa shape index (κ3) is 5.06. The fourth-order valence-corrected chi connectivity index (χ4v) is 2.84. The Kier molecular flexibility index (Phi) is 6.35. The van der Waals surface area contributed by atoms with Gasteiger partial charge in [0.2, 0.25) is 5.44 Å². The van der Waals surface area contributed by atoms with Gasteiger partial charge in [0.25, 0.3) is 10.0 Å². The smallest absolute Gasteiger partial charge is 0.339 e. The van der Waals surface area contributed by atoms with Crippen LogP contribution in [0.5, 0.6) is 0 Å². The van der Waals surface area contributed by atoms with Gasteiger partial charge in [-0.25, -0.2) is 18.0 Å². The molecule has 1 unspecified atom stereocenters. The molecule has 0 fully saturated rings. The molecule has 1 N–H and O–H groups in total. The van der Waals surface area contributed by atoms with Crippen LogP contribution in [0.25, 0.3) is 0 Å². The number of para-hydroxylation sites is 1. The van der Waals surface area contributed by atoms with E-state index < -0.39 is 27.4 Å². The molecule has 0 bridgehead atoms. The molecule has 1 atom stereocenters. The van der Waals surface area contributed by atoms with Gasteiger partial charge in [-0.3, -0.25) is 4.72 Å². The zero-order valence-corrected chi connectivity index (χ0v) is 15.2. The van der Waals surface area contributed by atoms with E-state index in [-0.39, 0.29) is 17.7 Å². The number of hydrogen-bond donors (Lipinski definition) is 1. The summed E-state index contributed by atoms with van der Waals surface area (Å²) in [7, 11) is -3.91. The van der Waals surface area contributed by atoms with Crippen LogP contribution >= 0.6 is 0 Å². The first-order chi connectivity index (χ1) is 12.3. The van der Waals surface area contributed by atoms with Crippen molar-refractivity contribution < 1.29 is 27.5 Å². The second kappa shape index (κ2) is 8.48. The van der Waals surface area contributed by atoms with Gasteiger partial charge in [0.15, 0.2) is 0 Å². The third-order valence-electron chi connectivity index (χ3n) is 3.38. The lowest BCUT2D eigenvalue weighted by Gasteiger charge is -2.15. The molecule has 0 aliphatic rings. The molecule has 0 saturated carbocycles. The van der Waals surface area contributed by atoms with Crippen LogP contribution in [0.1, 0.15) is 34.6 Å². The van der Waals surface area contributed by atoms with Crippen molar-refractivity contribution in [1.29, 1.82) is 0 Å². The van der Waals surface area contributed by atoms with Crippen LogP contribution in [0.3, 0.4) is 0 Å². The molecule has 0 aliphatic carbocycles. The maximum atomic E-state index is 12.2. The maximum absolute atomic E-state index is 12.2. The summed E-state index contributed by atoms with van der Waals surface area (Å²) in [4.78, 5) is 23.7. The van der Waals surface area contributed by atoms with Gasteiger partial charge in [-0.15, -0.1) is 0 Å². The van der Waals surface area contributed by atoms with E-state index in [2.05, 4.69) is 4.72 Å². The predicted molar refractivity (Wildman–Crippen MR) is 96.3 cm³/mol. The number of anilines is 1. The van der Waals surface area contributed by atoms with Crippen LogP contribution in [-0.2, 0) is 19.5 Å². The molecular weight excluding hydrogens is 358 g/mol. The molecule has 8 heteroatoms. The first-order valence-corrected chi connectivity index (χ1v) is 9.43. The first kappa shape index (κ1) is 19.5. The highest BCUT2D eigenvalue weighted by molar-refractivity contribution is 7.93. The van der Waals surface area contributed by atoms with Crippen molar-refractivity contribution in [3.05, 3.63) is 65.7 Å². The van der Waals surface area contributed by atoms with Crippen molar-refractivity contribution in [2.24, 2.45) is 0 Å². The topological polar surface area (TPSA) is 98.8 Å². The molecule has 0 saturated heterocycles. The van der Waals surface area contributed by atoms with E-state index in [1.807, 2.05) is 0 Å². The summed E-state index contributed by atoms with van der Waals surface area (Å²) in [6.07, 6.45) is 0. The Hall–Kier alpha value is -2.87. The van der Waals surface area contributed by atoms with Crippen molar-refractivity contribution in [2.75, 3.05) is 11.3 Å². The summed E-state index contributed by atoms with van der Waals surface area (Å²) < 4.78 is 36.7. The fraction of sp³-hybridized carbons (Fsp3) is 0.222. The average Bonchev–Trinajstić information content (AvgIpc) is 2.62. The minimum absolute atomic E-state index is 0.125. The summed E-state index contributed by atoms with van der Waals surface area (Å²) in [6, 6.07) is 13.9. The predicted octanol–water partition coefficient (Wildman–Crippen LogP) is 2.81. The molecule has 138 valence electrons. The van der Waals surface area contributed by atoms with Gasteiger partial charge in [-0.2, -0.15) is 0 Å². The maximum Gasteiger partial charge on any atom is 0.339 e. The van der Waals surface area contributed by atoms with Crippen molar-refractivity contribution in [3.63, 3.8) is 0 Å². The number of rotatable bonds is 7. The Bertz CT molecular complexity index is 862. The normalized spacial score (nSPS) is 12.1. The summed E-state index contributed by atoms with van der Waals surface area (Å²) >= 11 is 0. The second-order valence-corrected chi connectivity index (χ2v) is 7.24. The standard InChI is InChI=1S/C18H19NO6S/c1-3-24-17(20)14-9-11-15(12-10-14)18(21)25-13(2)26(22,23)19-16-7-5-4-6-8-16/h4-13,19H,3H2,1-2H3. The Morgan fingerprint density at radius 1 is 0.962 bits per heavy atom. The molecule has 0 spiro atoms. The van der Waals surface area contributed by atoms with E-state index in [9.17, 15) is 18.0 Å². The zero-order valence-electron chi connectivity index (χ0n) is 14.3. The molecule has 7 nitrogen and oxygen atoms in total. The highest BCUT2D eigenvalue weighted by Crippen LogP contribution is 2.14. The molecular formula is C18H19NO6S. The lowest BCUT2D eigenvalue weighted by atomic mass is 10.1. The SMILES string of the molecule is CCOC(=O)c1ccc(C(=O)OC(C)S(=O)(=O)Nc2ccccc2)cc1. The number of esters is 2. The van der Waals surface area contributed by atoms with Gasteiger partial charge in [0, 0.05) is 5.69 Å². The number of carbonyl (C=O) groups is 2. The van der Waals surface area contributed by atoms with E-state index in [1.54, 1.807) is 37.3 Å². The molecule has 0 heterocycles. The van der Waals surface area contributed by atoms with E-state index in [0.717, 1.165) is 0 Å². The minimum Gasteiger partial charge on any atom is -0.462 e. The van der Waals surface area contributed by atoms with Crippen LogP contribution in [-0.4, -0.2) is 32.4 Å². The van der Waals surface area contributed by atoms with Gasteiger partial charge in [-0.05, 0) is 50.2 Å². The third-order valence-corrected chi connectivity index (χ3v) is 4.87. The molecule has 26 heavy (non-hydrogen) atoms. The van der Waals surface area contributed by atoms with Crippen molar-refractivity contribution >= 4 is 27.6 Å². The number of benzene rings is 2. The number of ether oxygens (including phenoxy) is 2. The Labute approximate surface area is 152 Å².